The number of rotatable bonds is 6. The second-order valence-electron chi connectivity index (χ2n) is 8.24. The van der Waals surface area contributed by atoms with E-state index in [0.717, 1.165) is 11.3 Å². The second-order valence-corrected chi connectivity index (χ2v) is 9.92. The van der Waals surface area contributed by atoms with Gasteiger partial charge in [-0.05, 0) is 42.7 Å². The monoisotopic (exact) mass is 510 g/mol. The molecular weight excluding hydrogens is 484 g/mol. The number of pyridine rings is 1. The first kappa shape index (κ1) is 25.0. The fourth-order valence-electron chi connectivity index (χ4n) is 4.23. The molecule has 0 spiro atoms. The number of methoxy groups -OCH3 is 1. The standard InChI is InChI=1S/C25H26N4O4S2/c1-16-19(22(28-10-12-33-13-11-28)27(2)23(30)20(16)15-26)14-21-24(31)29(25(34)35-21)9-8-17-4-6-18(32-3)7-5-17/h4-7,14H,8-13H2,1-3H3. The maximum Gasteiger partial charge on any atom is 0.270 e. The van der Waals surface area contributed by atoms with Crippen molar-refractivity contribution in [1.82, 2.24) is 9.47 Å². The van der Waals surface area contributed by atoms with E-state index in [2.05, 4.69) is 4.90 Å². The Labute approximate surface area is 213 Å². The lowest BCUT2D eigenvalue weighted by Crippen LogP contribution is -2.40. The first-order valence-electron chi connectivity index (χ1n) is 11.2. The molecular formula is C25H26N4O4S2. The molecule has 0 bridgehead atoms. The van der Waals surface area contributed by atoms with Gasteiger partial charge in [0.1, 0.15) is 27.5 Å². The number of thiocarbonyl (C=S) groups is 1. The van der Waals surface area contributed by atoms with Crippen LogP contribution in [0.2, 0.25) is 0 Å². The van der Waals surface area contributed by atoms with Crippen LogP contribution in [0.5, 0.6) is 5.75 Å². The summed E-state index contributed by atoms with van der Waals surface area (Å²) in [5.74, 6) is 1.29. The van der Waals surface area contributed by atoms with Gasteiger partial charge in [0.05, 0.1) is 25.2 Å². The van der Waals surface area contributed by atoms with Crippen molar-refractivity contribution in [3.05, 3.63) is 61.8 Å². The smallest absolute Gasteiger partial charge is 0.270 e. The minimum atomic E-state index is -0.351. The predicted molar refractivity (Wildman–Crippen MR) is 141 cm³/mol. The molecule has 2 aromatic rings. The Morgan fingerprint density at radius 3 is 2.54 bits per heavy atom. The molecule has 2 aliphatic heterocycles. The maximum atomic E-state index is 13.3. The fourth-order valence-corrected chi connectivity index (χ4v) is 5.52. The lowest BCUT2D eigenvalue weighted by Gasteiger charge is -2.32. The molecule has 35 heavy (non-hydrogen) atoms. The molecule has 0 radical (unpaired) electrons. The van der Waals surface area contributed by atoms with Crippen LogP contribution in [0.4, 0.5) is 5.82 Å². The zero-order valence-electron chi connectivity index (χ0n) is 19.9. The van der Waals surface area contributed by atoms with Crippen molar-refractivity contribution in [1.29, 1.82) is 5.26 Å². The fraction of sp³-hybridized carbons (Fsp3) is 0.360. The van der Waals surface area contributed by atoms with Crippen LogP contribution in [0.1, 0.15) is 22.3 Å². The minimum absolute atomic E-state index is 0.0748. The van der Waals surface area contributed by atoms with Gasteiger partial charge in [-0.3, -0.25) is 19.1 Å². The Bertz CT molecular complexity index is 1290. The summed E-state index contributed by atoms with van der Waals surface area (Å²) in [6.07, 6.45) is 2.42. The first-order valence-corrected chi connectivity index (χ1v) is 12.4. The van der Waals surface area contributed by atoms with Gasteiger partial charge in [0.25, 0.3) is 11.5 Å². The molecule has 4 rings (SSSR count). The van der Waals surface area contributed by atoms with Crippen molar-refractivity contribution in [2.75, 3.05) is 44.9 Å². The molecule has 1 aromatic carbocycles. The van der Waals surface area contributed by atoms with E-state index in [1.807, 2.05) is 30.3 Å². The Morgan fingerprint density at radius 2 is 1.91 bits per heavy atom. The van der Waals surface area contributed by atoms with Gasteiger partial charge in [-0.25, -0.2) is 0 Å². The minimum Gasteiger partial charge on any atom is -0.497 e. The highest BCUT2D eigenvalue weighted by atomic mass is 32.2. The van der Waals surface area contributed by atoms with Gasteiger partial charge in [0.2, 0.25) is 0 Å². The number of anilines is 1. The highest BCUT2D eigenvalue weighted by Gasteiger charge is 2.33. The number of amides is 1. The summed E-state index contributed by atoms with van der Waals surface area (Å²) in [6.45, 7) is 4.52. The van der Waals surface area contributed by atoms with Crippen molar-refractivity contribution in [2.24, 2.45) is 7.05 Å². The first-order chi connectivity index (χ1) is 16.8. The third-order valence-corrected chi connectivity index (χ3v) is 7.59. The summed E-state index contributed by atoms with van der Waals surface area (Å²) in [5, 5.41) is 9.63. The number of thioether (sulfide) groups is 1. The van der Waals surface area contributed by atoms with Crippen LogP contribution in [-0.2, 0) is 23.0 Å². The average Bonchev–Trinajstić information content (AvgIpc) is 3.14. The molecule has 182 valence electrons. The number of ether oxygens (including phenoxy) is 2. The molecule has 0 aliphatic carbocycles. The van der Waals surface area contributed by atoms with Crippen LogP contribution in [0, 0.1) is 18.3 Å². The van der Waals surface area contributed by atoms with E-state index in [9.17, 15) is 14.9 Å². The zero-order chi connectivity index (χ0) is 25.1. The Hall–Kier alpha value is -3.13. The summed E-state index contributed by atoms with van der Waals surface area (Å²) in [4.78, 5) is 30.3. The summed E-state index contributed by atoms with van der Waals surface area (Å²) in [6, 6.07) is 9.76. The summed E-state index contributed by atoms with van der Waals surface area (Å²) in [7, 11) is 3.28. The molecule has 0 atom stereocenters. The molecule has 1 aromatic heterocycles. The van der Waals surface area contributed by atoms with E-state index in [0.29, 0.717) is 65.4 Å². The SMILES string of the molecule is COc1ccc(CCN2C(=O)C(=Cc3c(C)c(C#N)c(=O)n(C)c3N3CCOCC3)SC2=S)cc1. The van der Waals surface area contributed by atoms with Gasteiger partial charge in [-0.1, -0.05) is 36.1 Å². The van der Waals surface area contributed by atoms with Crippen molar-refractivity contribution >= 4 is 46.1 Å². The van der Waals surface area contributed by atoms with E-state index in [1.54, 1.807) is 32.1 Å². The van der Waals surface area contributed by atoms with E-state index in [-0.39, 0.29) is 17.0 Å². The summed E-state index contributed by atoms with van der Waals surface area (Å²) >= 11 is 6.77. The van der Waals surface area contributed by atoms with Crippen LogP contribution < -0.4 is 15.2 Å². The molecule has 0 unspecified atom stereocenters. The van der Waals surface area contributed by atoms with E-state index >= 15 is 0 Å². The number of hydrogen-bond donors (Lipinski definition) is 0. The van der Waals surface area contributed by atoms with Crippen LogP contribution in [0.15, 0.2) is 34.0 Å². The number of nitrogens with zero attached hydrogens (tertiary/aromatic N) is 4. The summed E-state index contributed by atoms with van der Waals surface area (Å²) in [5.41, 5.74) is 2.04. The van der Waals surface area contributed by atoms with Crippen molar-refractivity contribution < 1.29 is 14.3 Å². The molecule has 2 aliphatic rings. The van der Waals surface area contributed by atoms with E-state index < -0.39 is 0 Å². The molecule has 8 nitrogen and oxygen atoms in total. The number of carbonyl (C=O) groups is 1. The number of benzene rings is 1. The lowest BCUT2D eigenvalue weighted by molar-refractivity contribution is -0.122. The maximum absolute atomic E-state index is 13.3. The predicted octanol–water partition coefficient (Wildman–Crippen LogP) is 2.85. The van der Waals surface area contributed by atoms with Crippen LogP contribution in [0.25, 0.3) is 6.08 Å². The molecule has 10 heteroatoms. The molecule has 1 amide bonds. The Kier molecular flexibility index (Phi) is 7.60. The highest BCUT2D eigenvalue weighted by molar-refractivity contribution is 8.26. The van der Waals surface area contributed by atoms with Gasteiger partial charge in [-0.2, -0.15) is 5.26 Å². The van der Waals surface area contributed by atoms with Crippen LogP contribution in [0.3, 0.4) is 0 Å². The molecule has 2 fully saturated rings. The third kappa shape index (κ3) is 4.98. The Morgan fingerprint density at radius 1 is 1.23 bits per heavy atom. The van der Waals surface area contributed by atoms with Crippen molar-refractivity contribution in [2.45, 2.75) is 13.3 Å². The van der Waals surface area contributed by atoms with Gasteiger partial charge >= 0.3 is 0 Å². The molecule has 2 saturated heterocycles. The van der Waals surface area contributed by atoms with Crippen molar-refractivity contribution in [3.63, 3.8) is 0 Å². The topological polar surface area (TPSA) is 87.8 Å². The number of morpholine rings is 1. The number of carbonyl (C=O) groups excluding carboxylic acids is 1. The second kappa shape index (κ2) is 10.6. The van der Waals surface area contributed by atoms with E-state index in [4.69, 9.17) is 21.7 Å². The molecule has 3 heterocycles. The molecule has 0 N–H and O–H groups in total. The van der Waals surface area contributed by atoms with Gasteiger partial charge in [0, 0.05) is 32.2 Å². The highest BCUT2D eigenvalue weighted by Crippen LogP contribution is 2.36. The van der Waals surface area contributed by atoms with Gasteiger partial charge < -0.3 is 14.4 Å². The largest absolute Gasteiger partial charge is 0.497 e. The molecule has 0 saturated carbocycles. The van der Waals surface area contributed by atoms with Crippen LogP contribution in [-0.4, -0.2) is 59.7 Å². The number of aromatic nitrogens is 1. The van der Waals surface area contributed by atoms with Gasteiger partial charge in [-0.15, -0.1) is 0 Å². The quantitative estimate of drug-likeness (QED) is 0.433. The van der Waals surface area contributed by atoms with Crippen molar-refractivity contribution in [3.8, 4) is 11.8 Å². The Balaban J connectivity index is 1.66. The number of nitriles is 1. The summed E-state index contributed by atoms with van der Waals surface area (Å²) < 4.78 is 12.7. The van der Waals surface area contributed by atoms with Gasteiger partial charge in [0.15, 0.2) is 0 Å². The van der Waals surface area contributed by atoms with Crippen LogP contribution >= 0.6 is 24.0 Å². The zero-order valence-corrected chi connectivity index (χ0v) is 21.5. The average molecular weight is 511 g/mol. The van der Waals surface area contributed by atoms with E-state index in [1.165, 1.54) is 16.3 Å². The number of hydrogen-bond acceptors (Lipinski definition) is 8. The third-order valence-electron chi connectivity index (χ3n) is 6.21. The normalized spacial score (nSPS) is 17.3. The lowest BCUT2D eigenvalue weighted by atomic mass is 10.0.